The van der Waals surface area contributed by atoms with Crippen molar-refractivity contribution in [2.24, 2.45) is 0 Å². The van der Waals surface area contributed by atoms with E-state index in [1.807, 2.05) is 4.57 Å². The van der Waals surface area contributed by atoms with Gasteiger partial charge in [0.2, 0.25) is 0 Å². The van der Waals surface area contributed by atoms with Crippen LogP contribution in [0.15, 0.2) is 29.1 Å². The van der Waals surface area contributed by atoms with Crippen molar-refractivity contribution in [1.29, 1.82) is 0 Å². The molecule has 6 heteroatoms. The first-order valence-electron chi connectivity index (χ1n) is 5.92. The Kier molecular flexibility index (Phi) is 3.37. The summed E-state index contributed by atoms with van der Waals surface area (Å²) in [7, 11) is 0. The lowest BCUT2D eigenvalue weighted by Crippen LogP contribution is -2.09. The average molecular weight is 346 g/mol. The highest BCUT2D eigenvalue weighted by molar-refractivity contribution is 9.10. The second-order valence-electron chi connectivity index (χ2n) is 4.62. The van der Waals surface area contributed by atoms with Gasteiger partial charge in [0, 0.05) is 16.1 Å². The third-order valence-corrected chi connectivity index (χ3v) is 4.53. The van der Waals surface area contributed by atoms with Crippen molar-refractivity contribution in [3.05, 3.63) is 51.2 Å². The quantitative estimate of drug-likeness (QED) is 0.858. The SMILES string of the molecule is OC(c1ccc(Br)c(Cl)c1F)c1cncn1C1CC1. The molecule has 1 aliphatic rings. The number of rotatable bonds is 3. The molecular formula is C13H11BrClFN2O. The molecule has 3 rings (SSSR count). The molecule has 1 aliphatic carbocycles. The number of aliphatic hydroxyl groups is 1. The maximum absolute atomic E-state index is 14.1. The summed E-state index contributed by atoms with van der Waals surface area (Å²) in [4.78, 5) is 4.04. The molecule has 0 saturated heterocycles. The van der Waals surface area contributed by atoms with Crippen molar-refractivity contribution in [2.45, 2.75) is 25.0 Å². The van der Waals surface area contributed by atoms with Crippen LogP contribution < -0.4 is 0 Å². The van der Waals surface area contributed by atoms with Crippen LogP contribution in [-0.4, -0.2) is 14.7 Å². The molecule has 0 radical (unpaired) electrons. The molecule has 0 aliphatic heterocycles. The lowest BCUT2D eigenvalue weighted by molar-refractivity contribution is 0.204. The second-order valence-corrected chi connectivity index (χ2v) is 5.86. The van der Waals surface area contributed by atoms with Crippen LogP contribution in [0, 0.1) is 5.82 Å². The Morgan fingerprint density at radius 2 is 2.21 bits per heavy atom. The van der Waals surface area contributed by atoms with Gasteiger partial charge < -0.3 is 9.67 Å². The minimum atomic E-state index is -1.06. The molecule has 3 nitrogen and oxygen atoms in total. The highest BCUT2D eigenvalue weighted by atomic mass is 79.9. The lowest BCUT2D eigenvalue weighted by Gasteiger charge is -2.15. The Morgan fingerprint density at radius 3 is 2.89 bits per heavy atom. The molecule has 1 saturated carbocycles. The van der Waals surface area contributed by atoms with Crippen LogP contribution in [0.1, 0.15) is 36.2 Å². The minimum absolute atomic E-state index is 0.0194. The first kappa shape index (κ1) is 13.1. The Labute approximate surface area is 123 Å². The normalized spacial score (nSPS) is 16.6. The van der Waals surface area contributed by atoms with Gasteiger partial charge in [-0.3, -0.25) is 0 Å². The van der Waals surface area contributed by atoms with E-state index < -0.39 is 11.9 Å². The molecule has 2 aromatic rings. The molecule has 1 fully saturated rings. The number of aromatic nitrogens is 2. The molecular weight excluding hydrogens is 335 g/mol. The van der Waals surface area contributed by atoms with Crippen molar-refractivity contribution in [3.8, 4) is 0 Å². The third kappa shape index (κ3) is 2.30. The van der Waals surface area contributed by atoms with E-state index >= 15 is 0 Å². The molecule has 0 spiro atoms. The Bertz CT molecular complexity index is 627. The lowest BCUT2D eigenvalue weighted by atomic mass is 10.1. The molecule has 100 valence electrons. The predicted octanol–water partition coefficient (Wildman–Crippen LogP) is 3.85. The maximum atomic E-state index is 14.1. The van der Waals surface area contributed by atoms with Gasteiger partial charge in [-0.15, -0.1) is 0 Å². The van der Waals surface area contributed by atoms with E-state index in [4.69, 9.17) is 11.6 Å². The number of benzene rings is 1. The van der Waals surface area contributed by atoms with E-state index in [1.165, 1.54) is 6.07 Å². The second kappa shape index (κ2) is 4.89. The number of imidazole rings is 1. The van der Waals surface area contributed by atoms with E-state index in [1.54, 1.807) is 18.6 Å². The monoisotopic (exact) mass is 344 g/mol. The zero-order chi connectivity index (χ0) is 13.6. The first-order valence-corrected chi connectivity index (χ1v) is 7.10. The van der Waals surface area contributed by atoms with Gasteiger partial charge in [0.05, 0.1) is 23.2 Å². The molecule has 1 N–H and O–H groups in total. The van der Waals surface area contributed by atoms with Gasteiger partial charge in [0.25, 0.3) is 0 Å². The van der Waals surface area contributed by atoms with Crippen molar-refractivity contribution in [1.82, 2.24) is 9.55 Å². The standard InChI is InChI=1S/C13H11BrClFN2O/c14-9-4-3-8(12(16)11(9)15)13(19)10-5-17-6-18(10)7-1-2-7/h3-7,13,19H,1-2H2. The Hall–Kier alpha value is -0.910. The van der Waals surface area contributed by atoms with Gasteiger partial charge in [0.1, 0.15) is 11.9 Å². The predicted molar refractivity (Wildman–Crippen MR) is 73.7 cm³/mol. The number of hydrogen-bond acceptors (Lipinski definition) is 2. The van der Waals surface area contributed by atoms with Crippen LogP contribution in [0.4, 0.5) is 4.39 Å². The zero-order valence-electron chi connectivity index (χ0n) is 9.85. The van der Waals surface area contributed by atoms with Crippen molar-refractivity contribution < 1.29 is 9.50 Å². The summed E-state index contributed by atoms with van der Waals surface area (Å²) >= 11 is 9.00. The molecule has 0 amide bonds. The van der Waals surface area contributed by atoms with Gasteiger partial charge in [-0.1, -0.05) is 17.7 Å². The molecule has 1 atom stereocenters. The summed E-state index contributed by atoms with van der Waals surface area (Å²) in [5.74, 6) is -0.605. The van der Waals surface area contributed by atoms with Gasteiger partial charge >= 0.3 is 0 Å². The van der Waals surface area contributed by atoms with Crippen LogP contribution in [0.25, 0.3) is 0 Å². The fraction of sp³-hybridized carbons (Fsp3) is 0.308. The minimum Gasteiger partial charge on any atom is -0.382 e. The highest BCUT2D eigenvalue weighted by Crippen LogP contribution is 2.39. The molecule has 1 aromatic heterocycles. The Morgan fingerprint density at radius 1 is 1.47 bits per heavy atom. The van der Waals surface area contributed by atoms with E-state index in [9.17, 15) is 9.50 Å². The first-order chi connectivity index (χ1) is 9.09. The van der Waals surface area contributed by atoms with E-state index in [0.29, 0.717) is 16.2 Å². The van der Waals surface area contributed by atoms with E-state index in [0.717, 1.165) is 12.8 Å². The molecule has 0 bridgehead atoms. The average Bonchev–Trinajstić information content (AvgIpc) is 3.13. The van der Waals surface area contributed by atoms with Gasteiger partial charge in [0.15, 0.2) is 0 Å². The summed E-state index contributed by atoms with van der Waals surface area (Å²) in [6.07, 6.45) is 4.32. The molecule has 1 unspecified atom stereocenters. The van der Waals surface area contributed by atoms with E-state index in [-0.39, 0.29) is 10.6 Å². The summed E-state index contributed by atoms with van der Waals surface area (Å²) in [6, 6.07) is 3.53. The largest absolute Gasteiger partial charge is 0.382 e. The van der Waals surface area contributed by atoms with Crippen LogP contribution in [0.3, 0.4) is 0 Å². The Balaban J connectivity index is 2.02. The van der Waals surface area contributed by atoms with Gasteiger partial charge in [-0.05, 0) is 34.8 Å². The van der Waals surface area contributed by atoms with Crippen LogP contribution in [-0.2, 0) is 0 Å². The zero-order valence-corrected chi connectivity index (χ0v) is 12.2. The van der Waals surface area contributed by atoms with Crippen molar-refractivity contribution >= 4 is 27.5 Å². The number of aliphatic hydroxyl groups excluding tert-OH is 1. The van der Waals surface area contributed by atoms with Crippen molar-refractivity contribution in [3.63, 3.8) is 0 Å². The molecule has 1 heterocycles. The number of halogens is 3. The van der Waals surface area contributed by atoms with E-state index in [2.05, 4.69) is 20.9 Å². The fourth-order valence-corrected chi connectivity index (χ4v) is 2.57. The summed E-state index contributed by atoms with van der Waals surface area (Å²) in [5.41, 5.74) is 0.760. The number of nitrogens with zero attached hydrogens (tertiary/aromatic N) is 2. The van der Waals surface area contributed by atoms with Crippen molar-refractivity contribution in [2.75, 3.05) is 0 Å². The highest BCUT2D eigenvalue weighted by Gasteiger charge is 2.29. The topological polar surface area (TPSA) is 38.1 Å². The number of hydrogen-bond donors (Lipinski definition) is 1. The summed E-state index contributed by atoms with van der Waals surface area (Å²) in [5, 5.41) is 10.3. The van der Waals surface area contributed by atoms with Crippen LogP contribution in [0.2, 0.25) is 5.02 Å². The van der Waals surface area contributed by atoms with Gasteiger partial charge in [-0.25, -0.2) is 9.37 Å². The maximum Gasteiger partial charge on any atom is 0.149 e. The molecule has 19 heavy (non-hydrogen) atoms. The molecule has 1 aromatic carbocycles. The fourth-order valence-electron chi connectivity index (χ4n) is 2.10. The summed E-state index contributed by atoms with van der Waals surface area (Å²) < 4.78 is 16.5. The van der Waals surface area contributed by atoms with Gasteiger partial charge in [-0.2, -0.15) is 0 Å². The summed E-state index contributed by atoms with van der Waals surface area (Å²) in [6.45, 7) is 0. The third-order valence-electron chi connectivity index (χ3n) is 3.28. The smallest absolute Gasteiger partial charge is 0.149 e. The van der Waals surface area contributed by atoms with Crippen LogP contribution >= 0.6 is 27.5 Å². The van der Waals surface area contributed by atoms with Crippen LogP contribution in [0.5, 0.6) is 0 Å².